The molecule has 5 heteroatoms. The molecular formula is C5H5N2O3. The molecule has 0 aliphatic heterocycles. The van der Waals surface area contributed by atoms with Gasteiger partial charge in [0.25, 0.3) is 5.88 Å². The third-order valence-corrected chi connectivity index (χ3v) is 0.926. The fourth-order valence-corrected chi connectivity index (χ4v) is 0.502. The lowest BCUT2D eigenvalue weighted by molar-refractivity contribution is 0.168. The van der Waals surface area contributed by atoms with Gasteiger partial charge >= 0.3 is 6.09 Å². The highest BCUT2D eigenvalue weighted by atomic mass is 16.5. The quantitative estimate of drug-likeness (QED) is 0.532. The van der Waals surface area contributed by atoms with E-state index >= 15 is 0 Å². The number of hydrogen-bond donors (Lipinski definition) is 0. The van der Waals surface area contributed by atoms with Gasteiger partial charge in [0, 0.05) is 12.3 Å². The number of hydrogen-bond acceptors (Lipinski definition) is 3. The maximum atomic E-state index is 10.6. The van der Waals surface area contributed by atoms with Gasteiger partial charge in [-0.05, 0) is 0 Å². The molecule has 0 aromatic carbocycles. The van der Waals surface area contributed by atoms with Crippen LogP contribution in [0.4, 0.5) is 4.79 Å². The van der Waals surface area contributed by atoms with Crippen LogP contribution in [-0.4, -0.2) is 23.0 Å². The first kappa shape index (κ1) is 6.60. The second-order valence-corrected chi connectivity index (χ2v) is 1.57. The van der Waals surface area contributed by atoms with Crippen LogP contribution in [0, 0.1) is 0 Å². The van der Waals surface area contributed by atoms with Crippen molar-refractivity contribution in [3.05, 3.63) is 12.3 Å². The van der Waals surface area contributed by atoms with E-state index in [-0.39, 0.29) is 0 Å². The largest absolute Gasteiger partial charge is 0.451 e. The van der Waals surface area contributed by atoms with Crippen molar-refractivity contribution in [2.24, 2.45) is 0 Å². The SMILES string of the molecule is COC(=O)n1ccc([O])n1. The van der Waals surface area contributed by atoms with Crippen LogP contribution in [0.15, 0.2) is 12.3 Å². The minimum atomic E-state index is -0.665. The molecule has 0 fully saturated rings. The average Bonchev–Trinajstić information content (AvgIpc) is 2.34. The Hall–Kier alpha value is -1.52. The van der Waals surface area contributed by atoms with E-state index in [2.05, 4.69) is 9.84 Å². The molecule has 5 nitrogen and oxygen atoms in total. The monoisotopic (exact) mass is 141 g/mol. The van der Waals surface area contributed by atoms with Gasteiger partial charge in [0.1, 0.15) is 0 Å². The maximum Gasteiger partial charge on any atom is 0.434 e. The molecule has 0 N–H and O–H groups in total. The predicted molar refractivity (Wildman–Crippen MR) is 30.2 cm³/mol. The lowest BCUT2D eigenvalue weighted by Crippen LogP contribution is -2.11. The Morgan fingerprint density at radius 2 is 2.50 bits per heavy atom. The van der Waals surface area contributed by atoms with Gasteiger partial charge in [0.05, 0.1) is 7.11 Å². The molecule has 53 valence electrons. The average molecular weight is 141 g/mol. The summed E-state index contributed by atoms with van der Waals surface area (Å²) in [4.78, 5) is 10.6. The third kappa shape index (κ3) is 1.07. The van der Waals surface area contributed by atoms with Crippen molar-refractivity contribution in [1.29, 1.82) is 0 Å². The Morgan fingerprint density at radius 3 is 2.90 bits per heavy atom. The molecular weight excluding hydrogens is 136 g/mol. The van der Waals surface area contributed by atoms with Crippen LogP contribution in [0.3, 0.4) is 0 Å². The molecule has 1 radical (unpaired) electrons. The highest BCUT2D eigenvalue weighted by Gasteiger charge is 2.04. The number of rotatable bonds is 0. The second-order valence-electron chi connectivity index (χ2n) is 1.57. The summed E-state index contributed by atoms with van der Waals surface area (Å²) < 4.78 is 5.11. The Kier molecular flexibility index (Phi) is 1.57. The van der Waals surface area contributed by atoms with E-state index in [4.69, 9.17) is 0 Å². The summed E-state index contributed by atoms with van der Waals surface area (Å²) in [5.74, 6) is -0.453. The molecule has 0 spiro atoms. The lowest BCUT2D eigenvalue weighted by atomic mass is 10.7. The van der Waals surface area contributed by atoms with Crippen LogP contribution < -0.4 is 0 Å². The van der Waals surface area contributed by atoms with E-state index in [1.165, 1.54) is 19.4 Å². The minimum Gasteiger partial charge on any atom is -0.451 e. The summed E-state index contributed by atoms with van der Waals surface area (Å²) in [5.41, 5.74) is 0. The van der Waals surface area contributed by atoms with Crippen molar-refractivity contribution in [3.63, 3.8) is 0 Å². The van der Waals surface area contributed by atoms with Crippen molar-refractivity contribution < 1.29 is 14.6 Å². The predicted octanol–water partition coefficient (Wildman–Crippen LogP) is 0.641. The van der Waals surface area contributed by atoms with Crippen molar-refractivity contribution in [1.82, 2.24) is 9.78 Å². The van der Waals surface area contributed by atoms with Crippen LogP contribution in [0.25, 0.3) is 0 Å². The molecule has 0 saturated carbocycles. The summed E-state index contributed by atoms with van der Waals surface area (Å²) in [7, 11) is 1.22. The molecule has 1 aromatic rings. The summed E-state index contributed by atoms with van der Waals surface area (Å²) >= 11 is 0. The van der Waals surface area contributed by atoms with Crippen molar-refractivity contribution in [3.8, 4) is 5.88 Å². The van der Waals surface area contributed by atoms with Gasteiger partial charge in [-0.2, -0.15) is 4.68 Å². The van der Waals surface area contributed by atoms with E-state index in [1.807, 2.05) is 0 Å². The number of aromatic nitrogens is 2. The molecule has 0 aliphatic rings. The molecule has 0 bridgehead atoms. The molecule has 1 rings (SSSR count). The number of ether oxygens (including phenoxy) is 1. The first-order valence-electron chi connectivity index (χ1n) is 2.55. The Balaban J connectivity index is 2.85. The Labute approximate surface area is 56.8 Å². The topological polar surface area (TPSA) is 64.0 Å². The zero-order valence-corrected chi connectivity index (χ0v) is 5.27. The van der Waals surface area contributed by atoms with Gasteiger partial charge in [0.2, 0.25) is 0 Å². The standard InChI is InChI=1S/C5H5N2O3/c1-10-5(9)7-3-2-4(8)6-7/h2-3H,1H3. The van der Waals surface area contributed by atoms with Gasteiger partial charge in [-0.1, -0.05) is 0 Å². The zero-order chi connectivity index (χ0) is 7.56. The highest BCUT2D eigenvalue weighted by molar-refractivity contribution is 5.69. The third-order valence-electron chi connectivity index (χ3n) is 0.926. The maximum absolute atomic E-state index is 10.6. The summed E-state index contributed by atoms with van der Waals surface area (Å²) in [5, 5.41) is 13.6. The fraction of sp³-hybridized carbons (Fsp3) is 0.200. The number of carbonyl (C=O) groups excluding carboxylic acids is 1. The van der Waals surface area contributed by atoms with Crippen LogP contribution in [-0.2, 0) is 9.84 Å². The number of methoxy groups -OCH3 is 1. The molecule has 0 aliphatic carbocycles. The van der Waals surface area contributed by atoms with Crippen molar-refractivity contribution >= 4 is 6.09 Å². The van der Waals surface area contributed by atoms with Crippen LogP contribution >= 0.6 is 0 Å². The first-order valence-corrected chi connectivity index (χ1v) is 2.55. The summed E-state index contributed by atoms with van der Waals surface area (Å²) in [6.45, 7) is 0. The number of carbonyl (C=O) groups is 1. The van der Waals surface area contributed by atoms with Crippen molar-refractivity contribution in [2.45, 2.75) is 0 Å². The molecule has 0 atom stereocenters. The molecule has 0 saturated heterocycles. The number of nitrogens with zero attached hydrogens (tertiary/aromatic N) is 2. The van der Waals surface area contributed by atoms with Crippen LogP contribution in [0.1, 0.15) is 0 Å². The highest BCUT2D eigenvalue weighted by Crippen LogP contribution is 2.02. The van der Waals surface area contributed by atoms with Crippen LogP contribution in [0.2, 0.25) is 0 Å². The zero-order valence-electron chi connectivity index (χ0n) is 5.27. The smallest absolute Gasteiger partial charge is 0.434 e. The van der Waals surface area contributed by atoms with E-state index in [0.29, 0.717) is 0 Å². The van der Waals surface area contributed by atoms with Gasteiger partial charge in [-0.25, -0.2) is 4.79 Å². The minimum absolute atomic E-state index is 0.453. The molecule has 0 amide bonds. The molecule has 1 aromatic heterocycles. The fourth-order valence-electron chi connectivity index (χ4n) is 0.502. The molecule has 1 heterocycles. The first-order chi connectivity index (χ1) is 4.74. The van der Waals surface area contributed by atoms with Gasteiger partial charge in [-0.3, -0.25) is 5.11 Å². The Morgan fingerprint density at radius 1 is 1.80 bits per heavy atom. The van der Waals surface area contributed by atoms with E-state index in [0.717, 1.165) is 4.68 Å². The van der Waals surface area contributed by atoms with Crippen LogP contribution in [0.5, 0.6) is 5.88 Å². The second kappa shape index (κ2) is 2.38. The van der Waals surface area contributed by atoms with Gasteiger partial charge < -0.3 is 4.74 Å². The van der Waals surface area contributed by atoms with E-state index in [9.17, 15) is 9.90 Å². The van der Waals surface area contributed by atoms with E-state index in [1.54, 1.807) is 0 Å². The van der Waals surface area contributed by atoms with Gasteiger partial charge in [-0.15, -0.1) is 5.10 Å². The van der Waals surface area contributed by atoms with Gasteiger partial charge in [0.15, 0.2) is 0 Å². The Bertz CT molecular complexity index is 243. The summed E-state index contributed by atoms with van der Waals surface area (Å²) in [6, 6.07) is 1.18. The molecule has 0 unspecified atom stereocenters. The van der Waals surface area contributed by atoms with Crippen molar-refractivity contribution in [2.75, 3.05) is 7.11 Å². The van der Waals surface area contributed by atoms with E-state index < -0.39 is 12.0 Å². The normalized spacial score (nSPS) is 9.30. The lowest BCUT2D eigenvalue weighted by Gasteiger charge is -1.93. The summed E-state index contributed by atoms with van der Waals surface area (Å²) in [6.07, 6.45) is 0.579. The molecule has 10 heavy (non-hydrogen) atoms.